The quantitative estimate of drug-likeness (QED) is 0.417. The predicted octanol–water partition coefficient (Wildman–Crippen LogP) is 1.01. The van der Waals surface area contributed by atoms with Crippen molar-refractivity contribution in [1.82, 2.24) is 10.2 Å². The highest BCUT2D eigenvalue weighted by atomic mass is 16.5. The van der Waals surface area contributed by atoms with Crippen LogP contribution in [-0.4, -0.2) is 82.7 Å². The third-order valence-electron chi connectivity index (χ3n) is 4.83. The van der Waals surface area contributed by atoms with Crippen LogP contribution in [0.25, 0.3) is 0 Å². The van der Waals surface area contributed by atoms with Gasteiger partial charge in [-0.25, -0.2) is 0 Å². The summed E-state index contributed by atoms with van der Waals surface area (Å²) in [6.45, 7) is 11.3. The molecule has 0 unspecified atom stereocenters. The first-order valence-corrected chi connectivity index (χ1v) is 10.2. The summed E-state index contributed by atoms with van der Waals surface area (Å²) in [5, 5.41) is 2.90. The molecule has 1 fully saturated rings. The van der Waals surface area contributed by atoms with Gasteiger partial charge in [-0.2, -0.15) is 0 Å². The van der Waals surface area contributed by atoms with Crippen LogP contribution in [0.5, 0.6) is 0 Å². The number of amides is 1. The van der Waals surface area contributed by atoms with Crippen molar-refractivity contribution in [3.63, 3.8) is 0 Å². The fourth-order valence-electron chi connectivity index (χ4n) is 2.96. The van der Waals surface area contributed by atoms with E-state index in [0.29, 0.717) is 45.6 Å². The Labute approximate surface area is 158 Å². The van der Waals surface area contributed by atoms with Gasteiger partial charge in [-0.05, 0) is 38.8 Å². The number of nitrogens with zero attached hydrogens (tertiary/aromatic N) is 1. The molecular weight excluding hydrogens is 334 g/mol. The number of carbonyl (C=O) groups is 1. The van der Waals surface area contributed by atoms with E-state index >= 15 is 0 Å². The van der Waals surface area contributed by atoms with Gasteiger partial charge in [0.2, 0.25) is 5.91 Å². The Morgan fingerprint density at radius 3 is 2.12 bits per heavy atom. The summed E-state index contributed by atoms with van der Waals surface area (Å²) in [6.07, 6.45) is 3.94. The first-order valence-electron chi connectivity index (χ1n) is 10.2. The zero-order chi connectivity index (χ0) is 19.0. The molecule has 1 rings (SSSR count). The molecule has 3 N–H and O–H groups in total. The van der Waals surface area contributed by atoms with Crippen LogP contribution in [0.1, 0.15) is 39.5 Å². The van der Waals surface area contributed by atoms with E-state index in [-0.39, 0.29) is 11.8 Å². The van der Waals surface area contributed by atoms with E-state index in [1.54, 1.807) is 0 Å². The van der Waals surface area contributed by atoms with Crippen LogP contribution in [-0.2, 0) is 19.0 Å². The number of piperidine rings is 1. The molecule has 0 aromatic heterocycles. The number of rotatable bonds is 15. The van der Waals surface area contributed by atoms with Crippen LogP contribution >= 0.6 is 0 Å². The number of ether oxygens (including phenoxy) is 3. The Hall–Kier alpha value is -0.730. The lowest BCUT2D eigenvalue weighted by Crippen LogP contribution is -2.41. The highest BCUT2D eigenvalue weighted by Crippen LogP contribution is 2.07. The molecule has 1 saturated heterocycles. The third-order valence-corrected chi connectivity index (χ3v) is 4.83. The summed E-state index contributed by atoms with van der Waals surface area (Å²) in [7, 11) is 0. The molecule has 1 aliphatic heterocycles. The summed E-state index contributed by atoms with van der Waals surface area (Å²) in [6, 6.07) is 0.378. The summed E-state index contributed by atoms with van der Waals surface area (Å²) in [5.74, 6) is 0.241. The molecule has 0 radical (unpaired) electrons. The second-order valence-electron chi connectivity index (χ2n) is 6.82. The Morgan fingerprint density at radius 2 is 1.54 bits per heavy atom. The lowest BCUT2D eigenvalue weighted by molar-refractivity contribution is -0.125. The summed E-state index contributed by atoms with van der Waals surface area (Å²) in [4.78, 5) is 14.2. The third kappa shape index (κ3) is 11.1. The smallest absolute Gasteiger partial charge is 0.223 e. The first kappa shape index (κ1) is 23.3. The molecule has 7 nitrogen and oxygen atoms in total. The number of hydrogen-bond acceptors (Lipinski definition) is 6. The molecule has 0 aromatic carbocycles. The second kappa shape index (κ2) is 15.3. The molecule has 1 aliphatic rings. The normalized spacial score (nSPS) is 16.3. The van der Waals surface area contributed by atoms with Crippen molar-refractivity contribution in [2.75, 3.05) is 65.8 Å². The molecular formula is C19H39N3O4. The monoisotopic (exact) mass is 373 g/mol. The molecule has 154 valence electrons. The molecule has 0 atom stereocenters. The number of likely N-dealkylation sites (tertiary alicyclic amines) is 1. The molecule has 0 spiro atoms. The van der Waals surface area contributed by atoms with E-state index in [1.165, 1.54) is 0 Å². The SMILES string of the molecule is CCC(CC)C(=O)NCCOCCOCCOCCN1CCC(N)CC1. The van der Waals surface area contributed by atoms with Crippen LogP contribution in [0.4, 0.5) is 0 Å². The van der Waals surface area contributed by atoms with Gasteiger partial charge >= 0.3 is 0 Å². The maximum absolute atomic E-state index is 11.8. The van der Waals surface area contributed by atoms with Gasteiger partial charge in [0.25, 0.3) is 0 Å². The highest BCUT2D eigenvalue weighted by molar-refractivity contribution is 5.78. The minimum absolute atomic E-state index is 0.117. The molecule has 0 bridgehead atoms. The van der Waals surface area contributed by atoms with Gasteiger partial charge in [0.15, 0.2) is 0 Å². The van der Waals surface area contributed by atoms with E-state index in [9.17, 15) is 4.79 Å². The van der Waals surface area contributed by atoms with E-state index in [2.05, 4.69) is 10.2 Å². The number of nitrogens with one attached hydrogen (secondary N) is 1. The Morgan fingerprint density at radius 1 is 1.00 bits per heavy atom. The van der Waals surface area contributed by atoms with E-state index < -0.39 is 0 Å². The van der Waals surface area contributed by atoms with Crippen molar-refractivity contribution >= 4 is 5.91 Å². The van der Waals surface area contributed by atoms with Gasteiger partial charge in [-0.15, -0.1) is 0 Å². The van der Waals surface area contributed by atoms with Crippen molar-refractivity contribution in [1.29, 1.82) is 0 Å². The largest absolute Gasteiger partial charge is 0.378 e. The van der Waals surface area contributed by atoms with Crippen molar-refractivity contribution in [2.24, 2.45) is 11.7 Å². The summed E-state index contributed by atoms with van der Waals surface area (Å²) < 4.78 is 16.5. The van der Waals surface area contributed by atoms with Gasteiger partial charge in [-0.1, -0.05) is 13.8 Å². The van der Waals surface area contributed by atoms with E-state index in [4.69, 9.17) is 19.9 Å². The highest BCUT2D eigenvalue weighted by Gasteiger charge is 2.15. The van der Waals surface area contributed by atoms with E-state index in [0.717, 1.165) is 51.9 Å². The lowest BCUT2D eigenvalue weighted by Gasteiger charge is -2.29. The summed E-state index contributed by atoms with van der Waals surface area (Å²) >= 11 is 0. The van der Waals surface area contributed by atoms with Gasteiger partial charge in [0.05, 0.1) is 39.6 Å². The van der Waals surface area contributed by atoms with Crippen LogP contribution in [0.15, 0.2) is 0 Å². The fourth-order valence-corrected chi connectivity index (χ4v) is 2.96. The maximum atomic E-state index is 11.8. The Bertz CT molecular complexity index is 346. The molecule has 1 heterocycles. The molecule has 26 heavy (non-hydrogen) atoms. The topological polar surface area (TPSA) is 86.1 Å². The number of nitrogens with two attached hydrogens (primary N) is 1. The first-order chi connectivity index (χ1) is 12.7. The van der Waals surface area contributed by atoms with Gasteiger partial charge < -0.3 is 30.2 Å². The number of hydrogen-bond donors (Lipinski definition) is 2. The molecule has 0 aromatic rings. The zero-order valence-electron chi connectivity index (χ0n) is 16.7. The van der Waals surface area contributed by atoms with Crippen molar-refractivity contribution < 1.29 is 19.0 Å². The molecule has 0 aliphatic carbocycles. The van der Waals surface area contributed by atoms with Gasteiger partial charge in [0, 0.05) is 25.0 Å². The predicted molar refractivity (Wildman–Crippen MR) is 103 cm³/mol. The lowest BCUT2D eigenvalue weighted by atomic mass is 10.0. The van der Waals surface area contributed by atoms with Crippen LogP contribution in [0, 0.1) is 5.92 Å². The van der Waals surface area contributed by atoms with Gasteiger partial charge in [-0.3, -0.25) is 4.79 Å². The maximum Gasteiger partial charge on any atom is 0.223 e. The van der Waals surface area contributed by atoms with Crippen LogP contribution in [0.2, 0.25) is 0 Å². The molecule has 7 heteroatoms. The Balaban J connectivity index is 1.79. The average molecular weight is 374 g/mol. The fraction of sp³-hybridized carbons (Fsp3) is 0.947. The Kier molecular flexibility index (Phi) is 13.8. The molecule has 1 amide bonds. The van der Waals surface area contributed by atoms with Crippen molar-refractivity contribution in [2.45, 2.75) is 45.6 Å². The van der Waals surface area contributed by atoms with E-state index in [1.807, 2.05) is 13.8 Å². The summed E-state index contributed by atoms with van der Waals surface area (Å²) in [5.41, 5.74) is 5.89. The molecule has 0 saturated carbocycles. The van der Waals surface area contributed by atoms with Crippen LogP contribution in [0.3, 0.4) is 0 Å². The minimum Gasteiger partial charge on any atom is -0.378 e. The standard InChI is InChI=1S/C19H39N3O4/c1-3-17(4-2)19(23)21-7-11-24-13-15-26-16-14-25-12-10-22-8-5-18(20)6-9-22/h17-18H,3-16,20H2,1-2H3,(H,21,23). The minimum atomic E-state index is 0.117. The van der Waals surface area contributed by atoms with Crippen molar-refractivity contribution in [3.8, 4) is 0 Å². The second-order valence-corrected chi connectivity index (χ2v) is 6.82. The number of carbonyl (C=O) groups excluding carboxylic acids is 1. The van der Waals surface area contributed by atoms with Gasteiger partial charge in [0.1, 0.15) is 0 Å². The van der Waals surface area contributed by atoms with Crippen LogP contribution < -0.4 is 11.1 Å². The zero-order valence-corrected chi connectivity index (χ0v) is 16.7. The average Bonchev–Trinajstić information content (AvgIpc) is 2.65. The van der Waals surface area contributed by atoms with Crippen molar-refractivity contribution in [3.05, 3.63) is 0 Å².